The summed E-state index contributed by atoms with van der Waals surface area (Å²) in [6, 6.07) is -1.18. The van der Waals surface area contributed by atoms with E-state index in [1.165, 1.54) is 7.11 Å². The Morgan fingerprint density at radius 3 is 2.28 bits per heavy atom. The van der Waals surface area contributed by atoms with Crippen molar-refractivity contribution in [2.45, 2.75) is 180 Å². The minimum atomic E-state index is -2.45. The number of carbonyl (C=O) groups is 5. The van der Waals surface area contributed by atoms with Crippen molar-refractivity contribution < 1.29 is 62.6 Å². The van der Waals surface area contributed by atoms with Crippen molar-refractivity contribution in [3.05, 3.63) is 47.6 Å². The number of amides is 1. The zero-order valence-electron chi connectivity index (χ0n) is 39.6. The molecule has 1 aliphatic carbocycles. The summed E-state index contributed by atoms with van der Waals surface area (Å²) >= 11 is 0. The number of Topliss-reactive ketones (excluding diaryl/α,β-unsaturated/α-hetero) is 3. The van der Waals surface area contributed by atoms with Crippen molar-refractivity contribution in [1.82, 2.24) is 4.90 Å². The number of allylic oxidation sites excluding steroid dienone is 6. The summed E-state index contributed by atoms with van der Waals surface area (Å²) in [6.07, 6.45) is 8.16. The molecule has 1 amide bonds. The molecular weight excluding hydrogens is 826 g/mol. The average Bonchev–Trinajstić information content (AvgIpc) is 3.26. The molecule has 4 rings (SSSR count). The molecule has 0 aromatic heterocycles. The highest BCUT2D eigenvalue weighted by atomic mass is 19.1. The number of cyclic esters (lactones) is 1. The fourth-order valence-corrected chi connectivity index (χ4v) is 9.85. The molecule has 3 N–H and O–H groups in total. The molecule has 3 aliphatic heterocycles. The first kappa shape index (κ1) is 53.2. The van der Waals surface area contributed by atoms with Crippen molar-refractivity contribution in [1.29, 1.82) is 0 Å². The van der Waals surface area contributed by atoms with Crippen molar-refractivity contribution in [3.8, 4) is 0 Å². The molecule has 0 aromatic carbocycles. The number of ether oxygens (including phenoxy) is 4. The number of aliphatic hydroxyl groups excluding tert-OH is 2. The van der Waals surface area contributed by atoms with Crippen LogP contribution >= 0.6 is 0 Å². The summed E-state index contributed by atoms with van der Waals surface area (Å²) in [7, 11) is 2.93. The van der Waals surface area contributed by atoms with E-state index in [0.29, 0.717) is 56.9 Å². The lowest BCUT2D eigenvalue weighted by atomic mass is 9.79. The Labute approximate surface area is 379 Å². The van der Waals surface area contributed by atoms with Crippen LogP contribution in [0.15, 0.2) is 47.6 Å². The number of aliphatic hydroxyl groups is 3. The number of fused-ring (bicyclic) bond motifs is 3. The Kier molecular flexibility index (Phi) is 20.3. The number of hydrogen-bond donors (Lipinski definition) is 3. The highest BCUT2D eigenvalue weighted by Gasteiger charge is 2.53. The molecule has 0 spiro atoms. The van der Waals surface area contributed by atoms with E-state index in [1.54, 1.807) is 40.9 Å². The second kappa shape index (κ2) is 24.4. The fourth-order valence-electron chi connectivity index (χ4n) is 9.85. The third kappa shape index (κ3) is 13.8. The minimum Gasteiger partial charge on any atom is -0.460 e. The normalized spacial score (nSPS) is 40.9. The summed E-state index contributed by atoms with van der Waals surface area (Å²) in [5.74, 6) is -8.61. The van der Waals surface area contributed by atoms with Gasteiger partial charge in [-0.25, -0.2) is 9.18 Å². The van der Waals surface area contributed by atoms with E-state index in [2.05, 4.69) is 0 Å². The van der Waals surface area contributed by atoms with Gasteiger partial charge in [0, 0.05) is 51.4 Å². The van der Waals surface area contributed by atoms with E-state index in [-0.39, 0.29) is 55.6 Å². The second-order valence-electron chi connectivity index (χ2n) is 19.3. The summed E-state index contributed by atoms with van der Waals surface area (Å²) < 4.78 is 38.3. The topological polar surface area (TPSA) is 186 Å². The number of nitrogens with zero attached hydrogens (tertiary/aromatic N) is 1. The molecule has 15 atom stereocenters. The number of halogens is 1. The number of piperidine rings is 1. The lowest BCUT2D eigenvalue weighted by Gasteiger charge is -2.42. The van der Waals surface area contributed by atoms with Gasteiger partial charge in [-0.3, -0.25) is 19.2 Å². The van der Waals surface area contributed by atoms with Gasteiger partial charge in [0.2, 0.25) is 5.79 Å². The summed E-state index contributed by atoms with van der Waals surface area (Å²) in [5, 5.41) is 33.3. The molecule has 0 radical (unpaired) electrons. The van der Waals surface area contributed by atoms with Crippen LogP contribution in [0.5, 0.6) is 0 Å². The molecule has 2 saturated heterocycles. The Balaban J connectivity index is 1.70. The molecule has 13 nitrogen and oxygen atoms in total. The van der Waals surface area contributed by atoms with Gasteiger partial charge in [-0.2, -0.15) is 0 Å². The zero-order chi connectivity index (χ0) is 47.5. The Bertz CT molecular complexity index is 1740. The molecule has 14 heteroatoms. The largest absolute Gasteiger partial charge is 0.460 e. The highest BCUT2D eigenvalue weighted by molar-refractivity contribution is 6.39. The summed E-state index contributed by atoms with van der Waals surface area (Å²) in [4.78, 5) is 71.4. The maximum atomic E-state index is 14.7. The van der Waals surface area contributed by atoms with Gasteiger partial charge in [-0.15, -0.1) is 0 Å². The summed E-state index contributed by atoms with van der Waals surface area (Å²) in [6.45, 7) is 12.5. The first-order valence-electron chi connectivity index (χ1n) is 23.5. The number of alkyl halides is 1. The number of ketones is 3. The average molecular weight is 902 g/mol. The van der Waals surface area contributed by atoms with Crippen LogP contribution < -0.4 is 0 Å². The van der Waals surface area contributed by atoms with Crippen LogP contribution in [0.25, 0.3) is 0 Å². The van der Waals surface area contributed by atoms with E-state index in [0.717, 1.165) is 10.5 Å². The number of hydrogen-bond acceptors (Lipinski definition) is 12. The van der Waals surface area contributed by atoms with Crippen LogP contribution in [-0.2, 0) is 42.9 Å². The van der Waals surface area contributed by atoms with E-state index in [1.807, 2.05) is 51.2 Å². The Morgan fingerprint density at radius 1 is 0.891 bits per heavy atom. The lowest BCUT2D eigenvalue weighted by molar-refractivity contribution is -0.265. The SMILES string of the molecule is CO[C@H]1C[C@@H]2CC[C@@H](C)[C@@](O)(O2)C(=O)C(=O)N2CCCC[C@H]2C(=O)O[C@H]([C@H](C)C[C@@H]2CC[C@@H](O)[C@H](F)C2)CC(=O)[C@H](C)/C=C(\C)[C@@H](O)[C@@H](OC)C(=O)[C@H](C)C[C@H](C)/C=C/C=C/C=C/1C. The van der Waals surface area contributed by atoms with Crippen LogP contribution in [0, 0.1) is 35.5 Å². The molecule has 2 bridgehead atoms. The van der Waals surface area contributed by atoms with Crippen molar-refractivity contribution >= 4 is 29.2 Å². The van der Waals surface area contributed by atoms with Gasteiger partial charge >= 0.3 is 5.97 Å². The molecule has 0 aromatic rings. The van der Waals surface area contributed by atoms with Gasteiger partial charge in [-0.05, 0) is 107 Å². The molecule has 64 heavy (non-hydrogen) atoms. The van der Waals surface area contributed by atoms with Gasteiger partial charge < -0.3 is 39.2 Å². The Morgan fingerprint density at radius 2 is 1.61 bits per heavy atom. The molecule has 3 heterocycles. The lowest BCUT2D eigenvalue weighted by Crippen LogP contribution is -2.61. The van der Waals surface area contributed by atoms with Crippen LogP contribution in [0.4, 0.5) is 4.39 Å². The molecule has 4 aliphatic rings. The second-order valence-corrected chi connectivity index (χ2v) is 19.3. The smallest absolute Gasteiger partial charge is 0.329 e. The number of methoxy groups -OCH3 is 2. The third-order valence-corrected chi connectivity index (χ3v) is 14.2. The maximum Gasteiger partial charge on any atom is 0.329 e. The van der Waals surface area contributed by atoms with Gasteiger partial charge in [0.05, 0.1) is 18.3 Å². The van der Waals surface area contributed by atoms with E-state index >= 15 is 0 Å². The highest BCUT2D eigenvalue weighted by Crippen LogP contribution is 2.38. The molecule has 0 unspecified atom stereocenters. The number of carbonyl (C=O) groups excluding carboxylic acids is 5. The molecular formula is C50H76FNO12. The fraction of sp³-hybridized carbons (Fsp3) is 0.740. The van der Waals surface area contributed by atoms with Gasteiger partial charge in [0.1, 0.15) is 36.3 Å². The van der Waals surface area contributed by atoms with Crippen molar-refractivity contribution in [2.75, 3.05) is 20.8 Å². The maximum absolute atomic E-state index is 14.7. The van der Waals surface area contributed by atoms with E-state index in [4.69, 9.17) is 18.9 Å². The quantitative estimate of drug-likeness (QED) is 0.155. The van der Waals surface area contributed by atoms with E-state index in [9.17, 15) is 43.7 Å². The third-order valence-electron chi connectivity index (χ3n) is 14.2. The first-order chi connectivity index (χ1) is 30.2. The predicted molar refractivity (Wildman–Crippen MR) is 239 cm³/mol. The van der Waals surface area contributed by atoms with Gasteiger partial charge in [0.25, 0.3) is 11.7 Å². The van der Waals surface area contributed by atoms with Gasteiger partial charge in [-0.1, -0.05) is 71.1 Å². The minimum absolute atomic E-state index is 0.00727. The van der Waals surface area contributed by atoms with Crippen LogP contribution in [-0.4, -0.2) is 125 Å². The monoisotopic (exact) mass is 902 g/mol. The van der Waals surface area contributed by atoms with Crippen LogP contribution in [0.1, 0.15) is 126 Å². The molecule has 3 fully saturated rings. The van der Waals surface area contributed by atoms with Crippen LogP contribution in [0.3, 0.4) is 0 Å². The molecule has 360 valence electrons. The first-order valence-corrected chi connectivity index (χ1v) is 23.5. The Hall–Kier alpha value is -3.40. The number of rotatable bonds is 5. The standard InChI is InChI=1S/C50H76FNO12/c1-29-15-11-10-12-16-30(2)42(61-8)27-37-20-18-35(7)50(60,64-37)47(57)48(58)52-22-14-13-17-39(52)49(59)63-43(32(4)25-36-19-21-40(53)38(51)26-36)28-41(54)31(3)24-34(6)45(56)46(62-9)44(55)33(5)23-29/h10-12,15-16,24,29,31-33,35-40,42-43,45-46,53,56,60H,13-14,17-23,25-28H2,1-9H3/b12-10+,15-11+,30-16+,34-24+/t29-,31-,32-,33-,35-,36+,37+,38-,39+,40-,42+,43+,45-,46+,50-/m1/s1. The summed E-state index contributed by atoms with van der Waals surface area (Å²) in [5.41, 5.74) is 1.23. The number of esters is 1. The van der Waals surface area contributed by atoms with Crippen LogP contribution in [0.2, 0.25) is 0 Å². The predicted octanol–water partition coefficient (Wildman–Crippen LogP) is 6.50. The van der Waals surface area contributed by atoms with Gasteiger partial charge in [0.15, 0.2) is 5.78 Å². The zero-order valence-corrected chi connectivity index (χ0v) is 39.6. The van der Waals surface area contributed by atoms with Crippen molar-refractivity contribution in [2.24, 2.45) is 35.5 Å². The molecule has 1 saturated carbocycles. The van der Waals surface area contributed by atoms with E-state index < -0.39 is 96.0 Å². The van der Waals surface area contributed by atoms with Crippen molar-refractivity contribution in [3.63, 3.8) is 0 Å².